The predicted molar refractivity (Wildman–Crippen MR) is 147 cm³/mol. The molecule has 1 fully saturated rings. The molecular weight excluding hydrogens is 452 g/mol. The van der Waals surface area contributed by atoms with Crippen LogP contribution in [0.3, 0.4) is 0 Å². The number of ether oxygens (including phenoxy) is 1. The number of aromatic nitrogens is 3. The fraction of sp³-hybridized carbons (Fsp3) is 0.536. The minimum absolute atomic E-state index is 0.483. The molecule has 1 saturated heterocycles. The van der Waals surface area contributed by atoms with Crippen LogP contribution >= 0.6 is 0 Å². The summed E-state index contributed by atoms with van der Waals surface area (Å²) in [6.07, 6.45) is 9.00. The van der Waals surface area contributed by atoms with Gasteiger partial charge in [0.25, 0.3) is 0 Å². The van der Waals surface area contributed by atoms with Crippen LogP contribution in [0.4, 0.5) is 16.3 Å². The lowest BCUT2D eigenvalue weighted by molar-refractivity contribution is 0.0635. The number of amides is 1. The Labute approximate surface area is 215 Å². The zero-order valence-corrected chi connectivity index (χ0v) is 22.7. The SMILES string of the molecule is CC.CN1CCC(CCn2cc(CNc3cccc4c(NC(=O)OC(C)(C)C)nccc34)cn2)CC1. The standard InChI is InChI=1S/C26H36N6O2.C2H6/c1-26(2,3)34-25(33)30-24-22-6-5-7-23(21(22)8-12-27-24)28-16-20-17-29-32(18-20)15-11-19-9-13-31(4)14-10-19;1-2/h5-8,12,17-19,28H,9-11,13-16H2,1-4H3,(H,27,30,33);1-2H3. The Morgan fingerprint density at radius 1 is 1.14 bits per heavy atom. The molecule has 1 aliphatic rings. The molecule has 0 unspecified atom stereocenters. The number of carbonyl (C=O) groups excluding carboxylic acids is 1. The molecule has 8 heteroatoms. The second-order valence-corrected chi connectivity index (χ2v) is 10.2. The average molecular weight is 495 g/mol. The minimum Gasteiger partial charge on any atom is -0.444 e. The molecule has 3 aromatic rings. The molecule has 0 saturated carbocycles. The van der Waals surface area contributed by atoms with Gasteiger partial charge in [-0.15, -0.1) is 0 Å². The predicted octanol–water partition coefficient (Wildman–Crippen LogP) is 6.15. The second kappa shape index (κ2) is 12.7. The van der Waals surface area contributed by atoms with Crippen molar-refractivity contribution >= 4 is 28.4 Å². The Balaban J connectivity index is 0.00000176. The first kappa shape index (κ1) is 27.5. The van der Waals surface area contributed by atoms with E-state index in [1.165, 1.54) is 32.4 Å². The molecule has 2 aromatic heterocycles. The molecule has 8 nitrogen and oxygen atoms in total. The number of benzene rings is 1. The summed E-state index contributed by atoms with van der Waals surface area (Å²) < 4.78 is 7.44. The molecule has 0 radical (unpaired) electrons. The summed E-state index contributed by atoms with van der Waals surface area (Å²) in [5, 5.41) is 12.7. The summed E-state index contributed by atoms with van der Waals surface area (Å²) in [5.41, 5.74) is 1.55. The number of anilines is 2. The molecule has 36 heavy (non-hydrogen) atoms. The van der Waals surface area contributed by atoms with Crippen LogP contribution in [0.1, 0.15) is 59.4 Å². The number of carbonyl (C=O) groups is 1. The Hall–Kier alpha value is -3.13. The van der Waals surface area contributed by atoms with Gasteiger partial charge in [-0.25, -0.2) is 9.78 Å². The highest BCUT2D eigenvalue weighted by Crippen LogP contribution is 2.28. The molecule has 1 aliphatic heterocycles. The minimum atomic E-state index is -0.570. The molecule has 1 aromatic carbocycles. The van der Waals surface area contributed by atoms with Crippen molar-refractivity contribution in [2.24, 2.45) is 5.92 Å². The number of aryl methyl sites for hydroxylation is 1. The topological polar surface area (TPSA) is 84.3 Å². The Morgan fingerprint density at radius 3 is 2.61 bits per heavy atom. The van der Waals surface area contributed by atoms with Gasteiger partial charge in [0, 0.05) is 47.5 Å². The van der Waals surface area contributed by atoms with E-state index in [1.54, 1.807) is 6.20 Å². The molecule has 0 spiro atoms. The number of nitrogens with zero attached hydrogens (tertiary/aromatic N) is 4. The van der Waals surface area contributed by atoms with Crippen molar-refractivity contribution in [3.8, 4) is 0 Å². The highest BCUT2D eigenvalue weighted by Gasteiger charge is 2.18. The number of piperidine rings is 1. The van der Waals surface area contributed by atoms with Crippen LogP contribution < -0.4 is 10.6 Å². The first-order chi connectivity index (χ1) is 17.3. The maximum atomic E-state index is 12.2. The van der Waals surface area contributed by atoms with Crippen LogP contribution in [-0.4, -0.2) is 51.5 Å². The van der Waals surface area contributed by atoms with Gasteiger partial charge in [0.05, 0.1) is 6.20 Å². The highest BCUT2D eigenvalue weighted by atomic mass is 16.6. The molecule has 0 atom stereocenters. The van der Waals surface area contributed by atoms with Gasteiger partial charge in [0.1, 0.15) is 11.4 Å². The quantitative estimate of drug-likeness (QED) is 0.410. The van der Waals surface area contributed by atoms with Crippen LogP contribution in [0.25, 0.3) is 10.8 Å². The van der Waals surface area contributed by atoms with Crippen molar-refractivity contribution < 1.29 is 9.53 Å². The van der Waals surface area contributed by atoms with Crippen molar-refractivity contribution in [3.05, 3.63) is 48.4 Å². The highest BCUT2D eigenvalue weighted by molar-refractivity contribution is 6.03. The Morgan fingerprint density at radius 2 is 1.89 bits per heavy atom. The summed E-state index contributed by atoms with van der Waals surface area (Å²) in [6, 6.07) is 7.88. The maximum Gasteiger partial charge on any atom is 0.413 e. The fourth-order valence-electron chi connectivity index (χ4n) is 4.34. The molecule has 0 aliphatic carbocycles. The van der Waals surface area contributed by atoms with Gasteiger partial charge in [-0.3, -0.25) is 10.00 Å². The lowest BCUT2D eigenvalue weighted by Gasteiger charge is -2.28. The third kappa shape index (κ3) is 7.95. The number of likely N-dealkylation sites (tertiary alicyclic amines) is 1. The van der Waals surface area contributed by atoms with E-state index in [-0.39, 0.29) is 0 Å². The van der Waals surface area contributed by atoms with Crippen molar-refractivity contribution in [1.29, 1.82) is 0 Å². The monoisotopic (exact) mass is 494 g/mol. The van der Waals surface area contributed by atoms with E-state index in [2.05, 4.69) is 43.5 Å². The van der Waals surface area contributed by atoms with Gasteiger partial charge in [0.15, 0.2) is 0 Å². The van der Waals surface area contributed by atoms with E-state index in [4.69, 9.17) is 4.74 Å². The van der Waals surface area contributed by atoms with Crippen molar-refractivity contribution in [1.82, 2.24) is 19.7 Å². The van der Waals surface area contributed by atoms with E-state index in [0.29, 0.717) is 12.4 Å². The van der Waals surface area contributed by atoms with E-state index in [9.17, 15) is 4.79 Å². The van der Waals surface area contributed by atoms with Gasteiger partial charge in [-0.2, -0.15) is 5.10 Å². The van der Waals surface area contributed by atoms with Crippen LogP contribution in [-0.2, 0) is 17.8 Å². The molecule has 3 heterocycles. The van der Waals surface area contributed by atoms with Crippen LogP contribution in [0.5, 0.6) is 0 Å². The molecule has 1 amide bonds. The van der Waals surface area contributed by atoms with E-state index < -0.39 is 11.7 Å². The van der Waals surface area contributed by atoms with Crippen molar-refractivity contribution in [3.63, 3.8) is 0 Å². The van der Waals surface area contributed by atoms with E-state index in [1.807, 2.05) is 65.1 Å². The summed E-state index contributed by atoms with van der Waals surface area (Å²) in [6.45, 7) is 13.5. The molecular formula is C28H42N6O2. The Kier molecular flexibility index (Phi) is 9.70. The molecule has 196 valence electrons. The normalized spacial score (nSPS) is 14.7. The summed E-state index contributed by atoms with van der Waals surface area (Å²) in [5.74, 6) is 1.28. The smallest absolute Gasteiger partial charge is 0.413 e. The summed E-state index contributed by atoms with van der Waals surface area (Å²) in [7, 11) is 2.20. The van der Waals surface area contributed by atoms with Gasteiger partial charge in [-0.05, 0) is 78.2 Å². The number of nitrogens with one attached hydrogen (secondary N) is 2. The van der Waals surface area contributed by atoms with Gasteiger partial charge < -0.3 is 15.0 Å². The lowest BCUT2D eigenvalue weighted by atomic mass is 9.94. The van der Waals surface area contributed by atoms with Crippen LogP contribution in [0.15, 0.2) is 42.9 Å². The number of pyridine rings is 1. The number of hydrogen-bond donors (Lipinski definition) is 2. The Bertz CT molecular complexity index is 1110. The third-order valence-corrected chi connectivity index (χ3v) is 6.20. The van der Waals surface area contributed by atoms with Gasteiger partial charge >= 0.3 is 6.09 Å². The average Bonchev–Trinajstić information content (AvgIpc) is 3.30. The van der Waals surface area contributed by atoms with Gasteiger partial charge in [-0.1, -0.05) is 26.0 Å². The lowest BCUT2D eigenvalue weighted by Crippen LogP contribution is -2.30. The van der Waals surface area contributed by atoms with E-state index in [0.717, 1.165) is 34.5 Å². The maximum absolute atomic E-state index is 12.2. The largest absolute Gasteiger partial charge is 0.444 e. The number of hydrogen-bond acceptors (Lipinski definition) is 6. The van der Waals surface area contributed by atoms with E-state index >= 15 is 0 Å². The number of fused-ring (bicyclic) bond motifs is 1. The molecule has 0 bridgehead atoms. The van der Waals surface area contributed by atoms with Crippen molar-refractivity contribution in [2.75, 3.05) is 30.8 Å². The second-order valence-electron chi connectivity index (χ2n) is 10.2. The number of rotatable bonds is 7. The molecule has 4 rings (SSSR count). The third-order valence-electron chi connectivity index (χ3n) is 6.20. The zero-order valence-electron chi connectivity index (χ0n) is 22.7. The zero-order chi connectivity index (χ0) is 26.1. The van der Waals surface area contributed by atoms with Gasteiger partial charge in [0.2, 0.25) is 0 Å². The summed E-state index contributed by atoms with van der Waals surface area (Å²) >= 11 is 0. The van der Waals surface area contributed by atoms with Crippen molar-refractivity contribution in [2.45, 2.75) is 72.6 Å². The van der Waals surface area contributed by atoms with Crippen LogP contribution in [0.2, 0.25) is 0 Å². The fourth-order valence-corrected chi connectivity index (χ4v) is 4.34. The first-order valence-electron chi connectivity index (χ1n) is 13.1. The van der Waals surface area contributed by atoms with Crippen LogP contribution in [0, 0.1) is 5.92 Å². The summed E-state index contributed by atoms with van der Waals surface area (Å²) in [4.78, 5) is 19.0. The molecule has 2 N–H and O–H groups in total. The first-order valence-corrected chi connectivity index (χ1v) is 13.1.